The number of aromatic nitrogens is 1. The van der Waals surface area contributed by atoms with Crippen molar-refractivity contribution in [1.82, 2.24) is 20.7 Å². The van der Waals surface area contributed by atoms with E-state index >= 15 is 0 Å². The highest BCUT2D eigenvalue weighted by atomic mass is 127. The molecule has 7 nitrogen and oxygen atoms in total. The fourth-order valence-electron chi connectivity index (χ4n) is 2.38. The van der Waals surface area contributed by atoms with Crippen molar-refractivity contribution in [2.75, 3.05) is 20.6 Å². The van der Waals surface area contributed by atoms with Crippen LogP contribution in [0.1, 0.15) is 54.1 Å². The van der Waals surface area contributed by atoms with Crippen LogP contribution in [-0.2, 0) is 13.1 Å². The van der Waals surface area contributed by atoms with Crippen LogP contribution in [0.25, 0.3) is 0 Å². The zero-order chi connectivity index (χ0) is 19.8. The molecule has 1 heterocycles. The number of halogens is 1. The summed E-state index contributed by atoms with van der Waals surface area (Å²) in [6.07, 6.45) is 0. The van der Waals surface area contributed by atoms with Gasteiger partial charge in [0.05, 0.1) is 18.8 Å². The van der Waals surface area contributed by atoms with Crippen LogP contribution in [0.2, 0.25) is 0 Å². The molecule has 0 aliphatic carbocycles. The molecule has 1 aromatic heterocycles. The summed E-state index contributed by atoms with van der Waals surface area (Å²) in [6.45, 7) is 7.97. The second-order valence-corrected chi connectivity index (χ2v) is 6.82. The van der Waals surface area contributed by atoms with Crippen LogP contribution in [-0.4, -0.2) is 42.6 Å². The van der Waals surface area contributed by atoms with Crippen molar-refractivity contribution < 1.29 is 9.32 Å². The Hall–Kier alpha value is -2.10. The van der Waals surface area contributed by atoms with Gasteiger partial charge in [-0.1, -0.05) is 31.1 Å². The molecule has 28 heavy (non-hydrogen) atoms. The van der Waals surface area contributed by atoms with Gasteiger partial charge in [-0.2, -0.15) is 0 Å². The number of nitrogens with one attached hydrogen (secondary N) is 2. The minimum absolute atomic E-state index is 0. The molecule has 0 unspecified atom stereocenters. The number of rotatable bonds is 7. The molecule has 0 saturated heterocycles. The molecule has 0 saturated carbocycles. The Bertz CT molecular complexity index is 769. The SMILES string of the molecule is CCNC(=NCc1ccc(C(=O)N(C)C)cc1)NCc1cc(C(C)C)no1.I. The molecule has 0 atom stereocenters. The molecule has 8 heteroatoms. The van der Waals surface area contributed by atoms with Crippen molar-refractivity contribution in [3.8, 4) is 0 Å². The summed E-state index contributed by atoms with van der Waals surface area (Å²) in [4.78, 5) is 18.1. The van der Waals surface area contributed by atoms with E-state index in [0.717, 1.165) is 23.6 Å². The highest BCUT2D eigenvalue weighted by Crippen LogP contribution is 2.13. The lowest BCUT2D eigenvalue weighted by Gasteiger charge is -2.11. The third-order valence-electron chi connectivity index (χ3n) is 3.97. The van der Waals surface area contributed by atoms with Crippen LogP contribution in [0, 0.1) is 0 Å². The van der Waals surface area contributed by atoms with Gasteiger partial charge >= 0.3 is 0 Å². The maximum Gasteiger partial charge on any atom is 0.253 e. The van der Waals surface area contributed by atoms with E-state index in [1.807, 2.05) is 37.3 Å². The Morgan fingerprint density at radius 3 is 2.43 bits per heavy atom. The second-order valence-electron chi connectivity index (χ2n) is 6.82. The topological polar surface area (TPSA) is 82.8 Å². The Morgan fingerprint density at radius 2 is 1.89 bits per heavy atom. The summed E-state index contributed by atoms with van der Waals surface area (Å²) >= 11 is 0. The van der Waals surface area contributed by atoms with Gasteiger partial charge in [-0.15, -0.1) is 24.0 Å². The number of hydrogen-bond donors (Lipinski definition) is 2. The molecule has 154 valence electrons. The molecule has 0 spiro atoms. The van der Waals surface area contributed by atoms with Crippen molar-refractivity contribution in [1.29, 1.82) is 0 Å². The summed E-state index contributed by atoms with van der Waals surface area (Å²) < 4.78 is 5.34. The van der Waals surface area contributed by atoms with Gasteiger partial charge in [0.25, 0.3) is 5.91 Å². The lowest BCUT2D eigenvalue weighted by molar-refractivity contribution is 0.0827. The Balaban J connectivity index is 0.00000392. The second kappa shape index (κ2) is 11.7. The van der Waals surface area contributed by atoms with Crippen LogP contribution in [0.4, 0.5) is 0 Å². The fraction of sp³-hybridized carbons (Fsp3) is 0.450. The lowest BCUT2D eigenvalue weighted by atomic mass is 10.1. The quantitative estimate of drug-likeness (QED) is 0.347. The van der Waals surface area contributed by atoms with Crippen LogP contribution in [0.3, 0.4) is 0 Å². The third kappa shape index (κ3) is 7.14. The van der Waals surface area contributed by atoms with Gasteiger partial charge in [-0.25, -0.2) is 4.99 Å². The van der Waals surface area contributed by atoms with E-state index in [-0.39, 0.29) is 29.9 Å². The van der Waals surface area contributed by atoms with Gasteiger partial charge in [0.1, 0.15) is 0 Å². The monoisotopic (exact) mass is 499 g/mol. The Morgan fingerprint density at radius 1 is 1.21 bits per heavy atom. The maximum absolute atomic E-state index is 11.9. The molecule has 2 rings (SSSR count). The molecular formula is C20H30IN5O2. The van der Waals surface area contributed by atoms with E-state index < -0.39 is 0 Å². The fourth-order valence-corrected chi connectivity index (χ4v) is 2.38. The van der Waals surface area contributed by atoms with E-state index in [1.54, 1.807) is 19.0 Å². The molecule has 0 fully saturated rings. The number of benzene rings is 1. The number of amides is 1. The van der Waals surface area contributed by atoms with Crippen molar-refractivity contribution >= 4 is 35.8 Å². The number of guanidine groups is 1. The normalized spacial score (nSPS) is 11.1. The highest BCUT2D eigenvalue weighted by molar-refractivity contribution is 14.0. The van der Waals surface area contributed by atoms with Gasteiger partial charge in [0, 0.05) is 32.3 Å². The van der Waals surface area contributed by atoms with E-state index in [9.17, 15) is 4.79 Å². The predicted octanol–water partition coefficient (Wildman–Crippen LogP) is 3.37. The zero-order valence-electron chi connectivity index (χ0n) is 17.2. The molecule has 2 aromatic rings. The molecule has 0 aliphatic rings. The van der Waals surface area contributed by atoms with Gasteiger partial charge in [-0.3, -0.25) is 4.79 Å². The van der Waals surface area contributed by atoms with Crippen molar-refractivity contribution in [3.05, 3.63) is 52.9 Å². The first-order valence-corrected chi connectivity index (χ1v) is 9.19. The summed E-state index contributed by atoms with van der Waals surface area (Å²) in [6, 6.07) is 9.47. The first-order chi connectivity index (χ1) is 12.9. The lowest BCUT2D eigenvalue weighted by Crippen LogP contribution is -2.36. The summed E-state index contributed by atoms with van der Waals surface area (Å²) in [5, 5.41) is 10.5. The molecule has 0 aliphatic heterocycles. The van der Waals surface area contributed by atoms with Crippen LogP contribution >= 0.6 is 24.0 Å². The minimum atomic E-state index is -0.00659. The number of nitrogens with zero attached hydrogens (tertiary/aromatic N) is 3. The minimum Gasteiger partial charge on any atom is -0.359 e. The summed E-state index contributed by atoms with van der Waals surface area (Å²) in [5.74, 6) is 1.81. The molecule has 1 aromatic carbocycles. The third-order valence-corrected chi connectivity index (χ3v) is 3.97. The number of aliphatic imine (C=N–C) groups is 1. The van der Waals surface area contributed by atoms with Crippen LogP contribution in [0.15, 0.2) is 39.8 Å². The highest BCUT2D eigenvalue weighted by Gasteiger charge is 2.09. The predicted molar refractivity (Wildman–Crippen MR) is 122 cm³/mol. The smallest absolute Gasteiger partial charge is 0.253 e. The maximum atomic E-state index is 11.9. The number of carbonyl (C=O) groups is 1. The summed E-state index contributed by atoms with van der Waals surface area (Å²) in [7, 11) is 3.49. The van der Waals surface area contributed by atoms with E-state index in [1.165, 1.54) is 0 Å². The van der Waals surface area contributed by atoms with Crippen LogP contribution in [0.5, 0.6) is 0 Å². The standard InChI is InChI=1S/C20H29N5O2.HI/c1-6-21-20(23-13-17-11-18(14(2)3)24-27-17)22-12-15-7-9-16(10-8-15)19(26)25(4)5;/h7-11,14H,6,12-13H2,1-5H3,(H2,21,22,23);1H. The Kier molecular flexibility index (Phi) is 9.98. The van der Waals surface area contributed by atoms with Gasteiger partial charge in [-0.05, 0) is 30.5 Å². The van der Waals surface area contributed by atoms with Crippen LogP contribution < -0.4 is 10.6 Å². The average molecular weight is 499 g/mol. The van der Waals surface area contributed by atoms with Crippen molar-refractivity contribution in [2.45, 2.75) is 39.8 Å². The average Bonchev–Trinajstić information content (AvgIpc) is 3.13. The first kappa shape index (κ1) is 23.9. The van der Waals surface area contributed by atoms with Crippen molar-refractivity contribution in [2.24, 2.45) is 4.99 Å². The molecule has 1 amide bonds. The largest absolute Gasteiger partial charge is 0.359 e. The van der Waals surface area contributed by atoms with Gasteiger partial charge in [0.15, 0.2) is 11.7 Å². The first-order valence-electron chi connectivity index (χ1n) is 9.19. The van der Waals surface area contributed by atoms with E-state index in [2.05, 4.69) is 34.6 Å². The number of hydrogen-bond acceptors (Lipinski definition) is 4. The zero-order valence-corrected chi connectivity index (χ0v) is 19.5. The molecular weight excluding hydrogens is 469 g/mol. The van der Waals surface area contributed by atoms with E-state index in [4.69, 9.17) is 4.52 Å². The van der Waals surface area contributed by atoms with Gasteiger partial charge < -0.3 is 20.1 Å². The molecule has 2 N–H and O–H groups in total. The molecule has 0 radical (unpaired) electrons. The number of carbonyl (C=O) groups excluding carboxylic acids is 1. The Labute approximate surface area is 184 Å². The molecule has 0 bridgehead atoms. The van der Waals surface area contributed by atoms with E-state index in [0.29, 0.717) is 30.5 Å². The summed E-state index contributed by atoms with van der Waals surface area (Å²) in [5.41, 5.74) is 2.65. The van der Waals surface area contributed by atoms with Gasteiger partial charge in [0.2, 0.25) is 0 Å². The van der Waals surface area contributed by atoms with Crippen molar-refractivity contribution in [3.63, 3.8) is 0 Å².